The monoisotopic (exact) mass is 299 g/mol. The van der Waals surface area contributed by atoms with Crippen LogP contribution in [0.5, 0.6) is 0 Å². The molecule has 0 atom stereocenters. The van der Waals surface area contributed by atoms with E-state index < -0.39 is 5.83 Å². The predicted octanol–water partition coefficient (Wildman–Crippen LogP) is 6.07. The van der Waals surface area contributed by atoms with Gasteiger partial charge in [-0.25, -0.2) is 0 Å². The third kappa shape index (κ3) is 4.98. The van der Waals surface area contributed by atoms with Crippen molar-refractivity contribution in [2.24, 2.45) is 5.92 Å². The lowest BCUT2D eigenvalue weighted by Gasteiger charge is -2.27. The molecule has 22 heavy (non-hydrogen) atoms. The van der Waals surface area contributed by atoms with Crippen molar-refractivity contribution in [2.75, 3.05) is 0 Å². The molecule has 0 N–H and O–H groups in total. The van der Waals surface area contributed by atoms with Crippen molar-refractivity contribution in [2.45, 2.75) is 64.2 Å². The topological polar surface area (TPSA) is 23.8 Å². The number of unbranched alkanes of at least 4 members (excludes halogenated alkanes) is 2. The molecule has 2 rings (SSSR count). The van der Waals surface area contributed by atoms with Gasteiger partial charge in [-0.05, 0) is 67.6 Å². The van der Waals surface area contributed by atoms with E-state index in [1.165, 1.54) is 42.9 Å². The van der Waals surface area contributed by atoms with Crippen molar-refractivity contribution in [3.63, 3.8) is 0 Å². The molecule has 1 aromatic carbocycles. The fourth-order valence-corrected chi connectivity index (χ4v) is 3.40. The quantitative estimate of drug-likeness (QED) is 0.462. The normalized spacial score (nSPS) is 22.3. The summed E-state index contributed by atoms with van der Waals surface area (Å²) in [5.41, 5.74) is 2.85. The predicted molar refractivity (Wildman–Crippen MR) is 89.2 cm³/mol. The SMILES string of the molecule is CCCCCc1ccc(C2CCC(/C=C(/F)C#N)CC2)cc1. The number of nitrogens with zero attached hydrogens (tertiary/aromatic N) is 1. The van der Waals surface area contributed by atoms with E-state index >= 15 is 0 Å². The van der Waals surface area contributed by atoms with E-state index in [1.807, 2.05) is 0 Å². The first-order chi connectivity index (χ1) is 10.7. The van der Waals surface area contributed by atoms with Crippen molar-refractivity contribution in [1.29, 1.82) is 5.26 Å². The minimum Gasteiger partial charge on any atom is -0.195 e. The Morgan fingerprint density at radius 1 is 1.18 bits per heavy atom. The Bertz CT molecular complexity index is 516. The number of allylic oxidation sites excluding steroid dienone is 2. The van der Waals surface area contributed by atoms with Crippen LogP contribution in [0.2, 0.25) is 0 Å². The van der Waals surface area contributed by atoms with Gasteiger partial charge in [0.25, 0.3) is 0 Å². The van der Waals surface area contributed by atoms with E-state index in [9.17, 15) is 4.39 Å². The van der Waals surface area contributed by atoms with Crippen LogP contribution < -0.4 is 0 Å². The molecule has 0 unspecified atom stereocenters. The van der Waals surface area contributed by atoms with Gasteiger partial charge in [-0.15, -0.1) is 0 Å². The number of rotatable bonds is 6. The van der Waals surface area contributed by atoms with Gasteiger partial charge in [-0.1, -0.05) is 44.0 Å². The van der Waals surface area contributed by atoms with Crippen molar-refractivity contribution >= 4 is 0 Å². The average molecular weight is 299 g/mol. The molecule has 1 aromatic rings. The molecular formula is C20H26FN. The van der Waals surface area contributed by atoms with Gasteiger partial charge in [0.15, 0.2) is 5.83 Å². The van der Waals surface area contributed by atoms with Crippen LogP contribution in [0, 0.1) is 17.2 Å². The van der Waals surface area contributed by atoms with Gasteiger partial charge in [0.05, 0.1) is 0 Å². The van der Waals surface area contributed by atoms with Crippen LogP contribution in [0.15, 0.2) is 36.2 Å². The van der Waals surface area contributed by atoms with E-state index in [0.717, 1.165) is 25.7 Å². The molecule has 0 spiro atoms. The van der Waals surface area contributed by atoms with Crippen molar-refractivity contribution in [1.82, 2.24) is 0 Å². The van der Waals surface area contributed by atoms with Crippen molar-refractivity contribution < 1.29 is 4.39 Å². The summed E-state index contributed by atoms with van der Waals surface area (Å²) in [7, 11) is 0. The summed E-state index contributed by atoms with van der Waals surface area (Å²) < 4.78 is 13.0. The Morgan fingerprint density at radius 3 is 2.45 bits per heavy atom. The first-order valence-corrected chi connectivity index (χ1v) is 8.59. The molecule has 118 valence electrons. The van der Waals surface area contributed by atoms with E-state index in [4.69, 9.17) is 5.26 Å². The maximum absolute atomic E-state index is 13.0. The largest absolute Gasteiger partial charge is 0.196 e. The van der Waals surface area contributed by atoms with E-state index in [0.29, 0.717) is 5.92 Å². The van der Waals surface area contributed by atoms with Gasteiger partial charge in [0, 0.05) is 0 Å². The molecule has 1 nitrogen and oxygen atoms in total. The fraction of sp³-hybridized carbons (Fsp3) is 0.550. The van der Waals surface area contributed by atoms with Gasteiger partial charge in [-0.3, -0.25) is 0 Å². The maximum atomic E-state index is 13.0. The lowest BCUT2D eigenvalue weighted by molar-refractivity contribution is 0.372. The molecule has 1 aliphatic rings. The molecule has 0 radical (unpaired) electrons. The molecule has 0 amide bonds. The van der Waals surface area contributed by atoms with Crippen molar-refractivity contribution in [3.05, 3.63) is 47.3 Å². The van der Waals surface area contributed by atoms with Gasteiger partial charge >= 0.3 is 0 Å². The maximum Gasteiger partial charge on any atom is 0.196 e. The summed E-state index contributed by atoms with van der Waals surface area (Å²) in [6.45, 7) is 2.23. The van der Waals surface area contributed by atoms with E-state index in [-0.39, 0.29) is 5.92 Å². The molecule has 0 saturated heterocycles. The average Bonchev–Trinajstić information content (AvgIpc) is 2.56. The molecule has 2 heteroatoms. The summed E-state index contributed by atoms with van der Waals surface area (Å²) in [5.74, 6) is 0.212. The smallest absolute Gasteiger partial charge is 0.195 e. The first kappa shape index (κ1) is 16.7. The second kappa shape index (κ2) is 8.73. The lowest BCUT2D eigenvalue weighted by atomic mass is 9.78. The number of nitriles is 1. The molecule has 0 heterocycles. The zero-order valence-electron chi connectivity index (χ0n) is 13.5. The molecule has 1 fully saturated rings. The highest BCUT2D eigenvalue weighted by Crippen LogP contribution is 2.36. The van der Waals surface area contributed by atoms with Gasteiger partial charge in [0.2, 0.25) is 0 Å². The number of benzene rings is 1. The van der Waals surface area contributed by atoms with E-state index in [2.05, 4.69) is 31.2 Å². The second-order valence-corrected chi connectivity index (χ2v) is 6.44. The molecule has 1 saturated carbocycles. The fourth-order valence-electron chi connectivity index (χ4n) is 3.40. The van der Waals surface area contributed by atoms with Crippen LogP contribution >= 0.6 is 0 Å². The first-order valence-electron chi connectivity index (χ1n) is 8.59. The number of aryl methyl sites for hydroxylation is 1. The number of hydrogen-bond donors (Lipinski definition) is 0. The van der Waals surface area contributed by atoms with Gasteiger partial charge in [0.1, 0.15) is 6.07 Å². The molecule has 0 bridgehead atoms. The minimum atomic E-state index is -0.625. The highest BCUT2D eigenvalue weighted by Gasteiger charge is 2.21. The summed E-state index contributed by atoms with van der Waals surface area (Å²) >= 11 is 0. The summed E-state index contributed by atoms with van der Waals surface area (Å²) in [4.78, 5) is 0. The lowest BCUT2D eigenvalue weighted by Crippen LogP contribution is -2.12. The van der Waals surface area contributed by atoms with Crippen LogP contribution in [-0.2, 0) is 6.42 Å². The molecule has 0 aliphatic heterocycles. The third-order valence-electron chi connectivity index (χ3n) is 4.78. The molecule has 0 aromatic heterocycles. The van der Waals surface area contributed by atoms with Crippen LogP contribution in [0.4, 0.5) is 4.39 Å². The zero-order chi connectivity index (χ0) is 15.8. The minimum absolute atomic E-state index is 0.240. The van der Waals surface area contributed by atoms with E-state index in [1.54, 1.807) is 6.07 Å². The number of halogens is 1. The Labute approximate surface area is 133 Å². The summed E-state index contributed by atoms with van der Waals surface area (Å²) in [6, 6.07) is 10.7. The summed E-state index contributed by atoms with van der Waals surface area (Å²) in [6.07, 6.45) is 10.7. The Kier molecular flexibility index (Phi) is 6.65. The second-order valence-electron chi connectivity index (χ2n) is 6.44. The molecular weight excluding hydrogens is 273 g/mol. The summed E-state index contributed by atoms with van der Waals surface area (Å²) in [5, 5.41) is 8.51. The van der Waals surface area contributed by atoms with Crippen LogP contribution in [-0.4, -0.2) is 0 Å². The Hall–Kier alpha value is -1.62. The van der Waals surface area contributed by atoms with Crippen LogP contribution in [0.3, 0.4) is 0 Å². The van der Waals surface area contributed by atoms with Gasteiger partial charge in [-0.2, -0.15) is 9.65 Å². The number of hydrogen-bond acceptors (Lipinski definition) is 1. The highest BCUT2D eigenvalue weighted by molar-refractivity contribution is 5.26. The van der Waals surface area contributed by atoms with Crippen molar-refractivity contribution in [3.8, 4) is 6.07 Å². The highest BCUT2D eigenvalue weighted by atomic mass is 19.1. The van der Waals surface area contributed by atoms with Crippen LogP contribution in [0.1, 0.15) is 68.9 Å². The van der Waals surface area contributed by atoms with Crippen LogP contribution in [0.25, 0.3) is 0 Å². The Balaban J connectivity index is 1.85. The third-order valence-corrected chi connectivity index (χ3v) is 4.78. The standard InChI is InChI=1S/C20H26FN/c1-2-3-4-5-16-6-10-18(11-7-16)19-12-8-17(9-13-19)14-20(21)15-22/h6-7,10-11,14,17,19H,2-5,8-9,12-13H2,1H3/b20-14+. The Morgan fingerprint density at radius 2 is 1.86 bits per heavy atom. The van der Waals surface area contributed by atoms with Gasteiger partial charge < -0.3 is 0 Å². The molecule has 1 aliphatic carbocycles. The zero-order valence-corrected chi connectivity index (χ0v) is 13.5.